The summed E-state index contributed by atoms with van der Waals surface area (Å²) < 4.78 is 4.72. The topological polar surface area (TPSA) is 77.1 Å². The van der Waals surface area contributed by atoms with E-state index in [0.717, 1.165) is 0 Å². The molecule has 0 heterocycles. The summed E-state index contributed by atoms with van der Waals surface area (Å²) in [6.07, 6.45) is 1.79. The molecule has 0 fully saturated rings. The molecule has 5 nitrogen and oxygen atoms in total. The highest BCUT2D eigenvalue weighted by molar-refractivity contribution is 5.71. The molecule has 0 bridgehead atoms. The third-order valence-corrected chi connectivity index (χ3v) is 0.776. The smallest absolute Gasteiger partial charge is 0.437 e. The number of carbonyl (C=O) groups is 1. The SMILES string of the molecule is CC(C)(C)OC(=O)N(C#N)C#N. The van der Waals surface area contributed by atoms with Crippen molar-refractivity contribution in [1.29, 1.82) is 10.5 Å². The van der Waals surface area contributed by atoms with E-state index >= 15 is 0 Å². The molecular weight excluding hydrogens is 158 g/mol. The predicted octanol–water partition coefficient (Wildman–Crippen LogP) is 1.19. The van der Waals surface area contributed by atoms with Gasteiger partial charge in [-0.15, -0.1) is 4.90 Å². The lowest BCUT2D eigenvalue weighted by Crippen LogP contribution is -2.31. The number of carbonyl (C=O) groups excluding carboxylic acids is 1. The van der Waals surface area contributed by atoms with Gasteiger partial charge in [-0.1, -0.05) is 0 Å². The molecule has 1 amide bonds. The fraction of sp³-hybridized carbons (Fsp3) is 0.571. The maximum absolute atomic E-state index is 10.9. The average Bonchev–Trinajstić information content (AvgIpc) is 1.85. The molecule has 64 valence electrons. The summed E-state index contributed by atoms with van der Waals surface area (Å²) in [7, 11) is 0. The van der Waals surface area contributed by atoms with Gasteiger partial charge >= 0.3 is 6.09 Å². The van der Waals surface area contributed by atoms with Gasteiger partial charge in [-0.25, -0.2) is 4.79 Å². The van der Waals surface area contributed by atoms with Crippen LogP contribution in [-0.4, -0.2) is 16.6 Å². The molecular formula is C7H9N3O2. The first-order valence-corrected chi connectivity index (χ1v) is 3.23. The first-order chi connectivity index (χ1) is 5.40. The van der Waals surface area contributed by atoms with Gasteiger partial charge in [0.15, 0.2) is 0 Å². The maximum atomic E-state index is 10.9. The summed E-state index contributed by atoms with van der Waals surface area (Å²) in [5, 5.41) is 16.5. The number of ether oxygens (including phenoxy) is 1. The molecule has 0 aliphatic heterocycles. The van der Waals surface area contributed by atoms with E-state index < -0.39 is 11.7 Å². The van der Waals surface area contributed by atoms with E-state index in [-0.39, 0.29) is 4.90 Å². The Morgan fingerprint density at radius 2 is 1.75 bits per heavy atom. The van der Waals surface area contributed by atoms with Gasteiger partial charge in [0, 0.05) is 0 Å². The van der Waals surface area contributed by atoms with Crippen LogP contribution in [0.25, 0.3) is 0 Å². The third kappa shape index (κ3) is 3.43. The highest BCUT2D eigenvalue weighted by Crippen LogP contribution is 2.08. The average molecular weight is 167 g/mol. The molecule has 0 aromatic carbocycles. The first kappa shape index (κ1) is 10.2. The molecule has 0 N–H and O–H groups in total. The van der Waals surface area contributed by atoms with Gasteiger partial charge in [-0.05, 0) is 20.8 Å². The van der Waals surface area contributed by atoms with Crippen LogP contribution in [0.1, 0.15) is 20.8 Å². The second-order valence-corrected chi connectivity index (χ2v) is 3.02. The van der Waals surface area contributed by atoms with Crippen molar-refractivity contribution in [2.75, 3.05) is 0 Å². The maximum Gasteiger partial charge on any atom is 0.437 e. The Labute approximate surface area is 70.7 Å². The molecule has 0 rings (SSSR count). The van der Waals surface area contributed by atoms with Crippen LogP contribution in [-0.2, 0) is 4.74 Å². The zero-order valence-electron chi connectivity index (χ0n) is 7.16. The Bertz CT molecular complexity index is 239. The number of rotatable bonds is 0. The lowest BCUT2D eigenvalue weighted by molar-refractivity contribution is 0.0420. The van der Waals surface area contributed by atoms with Gasteiger partial charge in [0.1, 0.15) is 5.60 Å². The zero-order valence-corrected chi connectivity index (χ0v) is 7.16. The van der Waals surface area contributed by atoms with Crippen molar-refractivity contribution in [2.45, 2.75) is 26.4 Å². The van der Waals surface area contributed by atoms with E-state index in [1.807, 2.05) is 0 Å². The standard InChI is InChI=1S/C7H9N3O2/c1-7(2,3)12-6(11)10(4-8)5-9/h1-3H3. The molecule has 0 aliphatic carbocycles. The molecule has 0 radical (unpaired) electrons. The van der Waals surface area contributed by atoms with Crippen molar-refractivity contribution in [1.82, 2.24) is 4.90 Å². The summed E-state index contributed by atoms with van der Waals surface area (Å²) in [5.41, 5.74) is -0.691. The normalized spacial score (nSPS) is 9.42. The lowest BCUT2D eigenvalue weighted by Gasteiger charge is -2.19. The predicted molar refractivity (Wildman–Crippen MR) is 39.3 cm³/mol. The van der Waals surface area contributed by atoms with E-state index in [2.05, 4.69) is 0 Å². The summed E-state index contributed by atoms with van der Waals surface area (Å²) in [6.45, 7) is 4.95. The van der Waals surface area contributed by atoms with Gasteiger partial charge in [-0.3, -0.25) is 0 Å². The van der Waals surface area contributed by atoms with E-state index in [1.54, 1.807) is 20.8 Å². The van der Waals surface area contributed by atoms with Crippen molar-refractivity contribution in [3.8, 4) is 12.4 Å². The van der Waals surface area contributed by atoms with Gasteiger partial charge in [0.25, 0.3) is 0 Å². The summed E-state index contributed by atoms with van der Waals surface area (Å²) >= 11 is 0. The van der Waals surface area contributed by atoms with Crippen LogP contribution in [0.2, 0.25) is 0 Å². The van der Waals surface area contributed by atoms with Crippen LogP contribution in [0, 0.1) is 22.9 Å². The molecule has 0 aliphatic rings. The van der Waals surface area contributed by atoms with Gasteiger partial charge in [-0.2, -0.15) is 10.5 Å². The fourth-order valence-corrected chi connectivity index (χ4v) is 0.412. The van der Waals surface area contributed by atoms with E-state index in [9.17, 15) is 4.79 Å². The molecule has 12 heavy (non-hydrogen) atoms. The van der Waals surface area contributed by atoms with Crippen LogP contribution < -0.4 is 0 Å². The van der Waals surface area contributed by atoms with Crippen molar-refractivity contribution in [2.24, 2.45) is 0 Å². The van der Waals surface area contributed by atoms with Gasteiger partial charge in [0.05, 0.1) is 0 Å². The van der Waals surface area contributed by atoms with Crippen LogP contribution in [0.4, 0.5) is 4.79 Å². The van der Waals surface area contributed by atoms with Crippen molar-refractivity contribution in [3.63, 3.8) is 0 Å². The number of nitriles is 2. The van der Waals surface area contributed by atoms with Crippen molar-refractivity contribution >= 4 is 6.09 Å². The third-order valence-electron chi connectivity index (χ3n) is 0.776. The molecule has 0 unspecified atom stereocenters. The molecule has 0 aromatic heterocycles. The number of hydrogen-bond donors (Lipinski definition) is 0. The Morgan fingerprint density at radius 1 is 1.33 bits per heavy atom. The number of amides is 1. The quantitative estimate of drug-likeness (QED) is 0.401. The summed E-state index contributed by atoms with van der Waals surface area (Å²) in [6, 6.07) is 0. The second-order valence-electron chi connectivity index (χ2n) is 3.02. The Morgan fingerprint density at radius 3 is 2.00 bits per heavy atom. The molecule has 0 spiro atoms. The minimum Gasteiger partial charge on any atom is -0.442 e. The minimum atomic E-state index is -0.951. The van der Waals surface area contributed by atoms with Crippen molar-refractivity contribution < 1.29 is 9.53 Å². The minimum absolute atomic E-state index is 0.269. The highest BCUT2D eigenvalue weighted by Gasteiger charge is 2.21. The summed E-state index contributed by atoms with van der Waals surface area (Å²) in [4.78, 5) is 11.1. The van der Waals surface area contributed by atoms with Crippen LogP contribution in [0.15, 0.2) is 0 Å². The van der Waals surface area contributed by atoms with E-state index in [0.29, 0.717) is 0 Å². The Kier molecular flexibility index (Phi) is 3.06. The largest absolute Gasteiger partial charge is 0.442 e. The van der Waals surface area contributed by atoms with Crippen LogP contribution >= 0.6 is 0 Å². The molecule has 5 heteroatoms. The summed E-state index contributed by atoms with van der Waals surface area (Å²) in [5.74, 6) is 0. The van der Waals surface area contributed by atoms with Crippen LogP contribution in [0.3, 0.4) is 0 Å². The second kappa shape index (κ2) is 3.59. The molecule has 0 saturated carbocycles. The van der Waals surface area contributed by atoms with E-state index in [1.165, 1.54) is 12.4 Å². The number of nitrogens with zero attached hydrogens (tertiary/aromatic N) is 3. The first-order valence-electron chi connectivity index (χ1n) is 3.23. The molecule has 0 aromatic rings. The molecule has 0 atom stereocenters. The highest BCUT2D eigenvalue weighted by atomic mass is 16.6. The lowest BCUT2D eigenvalue weighted by atomic mass is 10.2. The monoisotopic (exact) mass is 167 g/mol. The Hall–Kier alpha value is -1.75. The Balaban J connectivity index is 4.27. The zero-order chi connectivity index (χ0) is 9.78. The van der Waals surface area contributed by atoms with E-state index in [4.69, 9.17) is 15.3 Å². The van der Waals surface area contributed by atoms with Gasteiger partial charge in [0.2, 0.25) is 12.4 Å². The number of hydrogen-bond acceptors (Lipinski definition) is 4. The van der Waals surface area contributed by atoms with Crippen LogP contribution in [0.5, 0.6) is 0 Å². The van der Waals surface area contributed by atoms with Crippen molar-refractivity contribution in [3.05, 3.63) is 0 Å². The van der Waals surface area contributed by atoms with Gasteiger partial charge < -0.3 is 4.74 Å². The fourth-order valence-electron chi connectivity index (χ4n) is 0.412. The molecule has 0 saturated heterocycles.